The number of benzene rings is 4. The fourth-order valence-corrected chi connectivity index (χ4v) is 8.56. The van der Waals surface area contributed by atoms with E-state index in [1.807, 2.05) is 66.7 Å². The molecule has 0 saturated heterocycles. The molecule has 6 aromatic rings. The molecule has 4 aromatic carbocycles. The van der Waals surface area contributed by atoms with Gasteiger partial charge in [-0.2, -0.15) is 0 Å². The number of H-pyrrole nitrogens is 2. The van der Waals surface area contributed by atoms with E-state index >= 15 is 0 Å². The molecule has 0 fully saturated rings. The van der Waals surface area contributed by atoms with Crippen LogP contribution in [0, 0.1) is 0 Å². The van der Waals surface area contributed by atoms with Crippen LogP contribution >= 0.6 is 0 Å². The van der Waals surface area contributed by atoms with Gasteiger partial charge in [-0.25, -0.2) is 0 Å². The van der Waals surface area contributed by atoms with Crippen LogP contribution in [-0.4, -0.2) is 83.6 Å². The van der Waals surface area contributed by atoms with Crippen LogP contribution in [0.25, 0.3) is 33.0 Å². The number of likely N-dealkylation sites (N-methyl/N-ethyl adjacent to an activating group) is 1. The van der Waals surface area contributed by atoms with Gasteiger partial charge in [0.05, 0.1) is 18.8 Å². The van der Waals surface area contributed by atoms with Gasteiger partial charge in [0.25, 0.3) is 11.8 Å². The Hall–Kier alpha value is -6.10. The summed E-state index contributed by atoms with van der Waals surface area (Å²) < 4.78 is 11.5. The number of amides is 2. The van der Waals surface area contributed by atoms with Gasteiger partial charge in [-0.3, -0.25) is 19.4 Å². The second-order valence-electron chi connectivity index (χ2n) is 16.9. The van der Waals surface area contributed by atoms with E-state index in [4.69, 9.17) is 9.47 Å². The van der Waals surface area contributed by atoms with Gasteiger partial charge >= 0.3 is 0 Å². The monoisotopic (exact) mass is 863 g/mol. The summed E-state index contributed by atoms with van der Waals surface area (Å²) in [6, 6.07) is 27.5. The summed E-state index contributed by atoms with van der Waals surface area (Å²) in [6.07, 6.45) is 16.4. The lowest BCUT2D eigenvalue weighted by atomic mass is 9.97. The highest BCUT2D eigenvalue weighted by Gasteiger charge is 2.20. The van der Waals surface area contributed by atoms with Crippen molar-refractivity contribution in [3.63, 3.8) is 0 Å². The predicted octanol–water partition coefficient (Wildman–Crippen LogP) is 12.2. The fraction of sp³-hybridized carbons (Fsp3) is 0.370. The standard InChI is InChI=1S/C28H35N3O2.C26H31N3O2/c1-4-7-20(3)31-14-12-21(13-15-31)26-19-29-27-11-10-23(18-25(26)27)30-28(32)22-8-6-9-24(17-22)33-16-5-2;1-3-5-16-31-25-9-7-6-8-21(25)26(30)28-20-10-11-24-22(17-20)23(18-27-24)19-12-14-29(4-2)15-13-19/h6,8-12,17-20,29H,4-5,7,13-16H2,1-3H3,(H,30,32);6-12,17-18,27H,3-5,13-16H2,1-2H3,(H,28,30). The number of fused-ring (bicyclic) bond motifs is 2. The number of hydrogen-bond donors (Lipinski definition) is 4. The molecule has 10 nitrogen and oxygen atoms in total. The molecule has 1 unspecified atom stereocenters. The first-order valence-corrected chi connectivity index (χ1v) is 23.4. The second-order valence-corrected chi connectivity index (χ2v) is 16.9. The first kappa shape index (κ1) is 45.9. The number of ether oxygens (including phenoxy) is 2. The maximum Gasteiger partial charge on any atom is 0.259 e. The molecule has 8 rings (SSSR count). The second kappa shape index (κ2) is 22.5. The zero-order valence-corrected chi connectivity index (χ0v) is 38.4. The number of nitrogens with zero attached hydrogens (tertiary/aromatic N) is 2. The fourth-order valence-electron chi connectivity index (χ4n) is 8.56. The lowest BCUT2D eigenvalue weighted by molar-refractivity contribution is 0.101. The average Bonchev–Trinajstić information content (AvgIpc) is 3.96. The van der Waals surface area contributed by atoms with Gasteiger partial charge in [0.15, 0.2) is 0 Å². The van der Waals surface area contributed by atoms with Gasteiger partial charge in [0.2, 0.25) is 0 Å². The van der Waals surface area contributed by atoms with Crippen LogP contribution in [0.2, 0.25) is 0 Å². The molecule has 4 N–H and O–H groups in total. The van der Waals surface area contributed by atoms with E-state index in [0.29, 0.717) is 36.1 Å². The van der Waals surface area contributed by atoms with Crippen molar-refractivity contribution in [1.29, 1.82) is 0 Å². The number of aromatic amines is 2. The summed E-state index contributed by atoms with van der Waals surface area (Å²) in [4.78, 5) is 37.6. The van der Waals surface area contributed by atoms with E-state index in [-0.39, 0.29) is 11.8 Å². The normalized spacial score (nSPS) is 14.9. The van der Waals surface area contributed by atoms with Crippen molar-refractivity contribution in [3.05, 3.63) is 132 Å². The third kappa shape index (κ3) is 11.5. The van der Waals surface area contributed by atoms with Gasteiger partial charge in [0.1, 0.15) is 11.5 Å². The Morgan fingerprint density at radius 2 is 1.36 bits per heavy atom. The van der Waals surface area contributed by atoms with Crippen molar-refractivity contribution in [2.24, 2.45) is 0 Å². The Balaban J connectivity index is 0.000000192. The van der Waals surface area contributed by atoms with Crippen molar-refractivity contribution in [3.8, 4) is 11.5 Å². The van der Waals surface area contributed by atoms with Crippen molar-refractivity contribution in [2.45, 2.75) is 85.6 Å². The van der Waals surface area contributed by atoms with Gasteiger partial charge in [-0.05, 0) is 123 Å². The lowest BCUT2D eigenvalue weighted by Gasteiger charge is -2.31. The molecule has 0 aliphatic carbocycles. The van der Waals surface area contributed by atoms with Crippen molar-refractivity contribution in [2.75, 3.05) is 56.6 Å². The van der Waals surface area contributed by atoms with Crippen LogP contribution in [0.4, 0.5) is 11.4 Å². The maximum atomic E-state index is 13.0. The van der Waals surface area contributed by atoms with E-state index in [2.05, 4.69) is 102 Å². The third-order valence-corrected chi connectivity index (χ3v) is 12.3. The topological polar surface area (TPSA) is 115 Å². The molecule has 2 aliphatic heterocycles. The van der Waals surface area contributed by atoms with Crippen LogP contribution in [0.5, 0.6) is 11.5 Å². The molecular formula is C54H66N6O4. The number of unbranched alkanes of at least 4 members (excludes halogenated alkanes) is 1. The number of carbonyl (C=O) groups excluding carboxylic acids is 2. The molecular weight excluding hydrogens is 797 g/mol. The third-order valence-electron chi connectivity index (χ3n) is 12.3. The predicted molar refractivity (Wildman–Crippen MR) is 265 cm³/mol. The Morgan fingerprint density at radius 3 is 1.97 bits per heavy atom. The van der Waals surface area contributed by atoms with Gasteiger partial charge in [-0.1, -0.05) is 70.9 Å². The summed E-state index contributed by atoms with van der Waals surface area (Å²) in [7, 11) is 0. The molecule has 10 heteroatoms. The highest BCUT2D eigenvalue weighted by atomic mass is 16.5. The molecule has 2 aliphatic rings. The summed E-state index contributed by atoms with van der Waals surface area (Å²) in [6.45, 7) is 17.5. The first-order valence-electron chi connectivity index (χ1n) is 23.4. The molecule has 0 bridgehead atoms. The number of aromatic nitrogens is 2. The SMILES string of the molecule is CCCCOc1ccccc1C(=O)Nc1ccc2[nH]cc(C3=CCN(CC)CC3)c2c1.CCCOc1cccc(C(=O)Nc2ccc3[nH]cc(C4=CCN(C(C)CCC)CC4)c3c2)c1. The molecule has 0 saturated carbocycles. The van der Waals surface area contributed by atoms with Crippen LogP contribution < -0.4 is 20.1 Å². The van der Waals surface area contributed by atoms with Crippen molar-refractivity contribution < 1.29 is 19.1 Å². The molecule has 4 heterocycles. The Bertz CT molecular complexity index is 2570. The van der Waals surface area contributed by atoms with Gasteiger partial charge in [-0.15, -0.1) is 0 Å². The van der Waals surface area contributed by atoms with Crippen molar-refractivity contribution in [1.82, 2.24) is 19.8 Å². The molecule has 0 spiro atoms. The number of para-hydroxylation sites is 1. The largest absolute Gasteiger partial charge is 0.494 e. The van der Waals surface area contributed by atoms with E-state index in [1.54, 1.807) is 6.07 Å². The van der Waals surface area contributed by atoms with Gasteiger partial charge < -0.3 is 30.1 Å². The zero-order chi connectivity index (χ0) is 44.8. The highest BCUT2D eigenvalue weighted by Crippen LogP contribution is 2.33. The Morgan fingerprint density at radius 1 is 0.688 bits per heavy atom. The Kier molecular flexibility index (Phi) is 16.1. The minimum Gasteiger partial charge on any atom is -0.494 e. The van der Waals surface area contributed by atoms with E-state index in [0.717, 1.165) is 104 Å². The number of anilines is 2. The van der Waals surface area contributed by atoms with Crippen molar-refractivity contribution >= 4 is 56.1 Å². The molecule has 336 valence electrons. The van der Waals surface area contributed by atoms with Gasteiger partial charge in [0, 0.05) is 94.5 Å². The number of hydrogen-bond acceptors (Lipinski definition) is 6. The number of rotatable bonds is 17. The zero-order valence-electron chi connectivity index (χ0n) is 38.4. The quantitative estimate of drug-likeness (QED) is 0.0679. The molecule has 2 aromatic heterocycles. The molecule has 64 heavy (non-hydrogen) atoms. The van der Waals surface area contributed by atoms with E-state index in [9.17, 15) is 9.59 Å². The number of carbonyl (C=O) groups is 2. The number of nitrogens with one attached hydrogen (secondary N) is 4. The van der Waals surface area contributed by atoms with E-state index < -0.39 is 0 Å². The highest BCUT2D eigenvalue weighted by molar-refractivity contribution is 6.08. The van der Waals surface area contributed by atoms with Crippen LogP contribution in [0.1, 0.15) is 111 Å². The van der Waals surface area contributed by atoms with Crippen LogP contribution in [0.3, 0.4) is 0 Å². The smallest absolute Gasteiger partial charge is 0.259 e. The Labute approximate surface area is 379 Å². The summed E-state index contributed by atoms with van der Waals surface area (Å²) in [5.41, 5.74) is 10.1. The average molecular weight is 863 g/mol. The summed E-state index contributed by atoms with van der Waals surface area (Å²) >= 11 is 0. The summed E-state index contributed by atoms with van der Waals surface area (Å²) in [5, 5.41) is 8.40. The van der Waals surface area contributed by atoms with E-state index in [1.165, 1.54) is 35.1 Å². The lowest BCUT2D eigenvalue weighted by Crippen LogP contribution is -2.36. The maximum absolute atomic E-state index is 13.0. The van der Waals surface area contributed by atoms with Crippen LogP contribution in [-0.2, 0) is 0 Å². The summed E-state index contributed by atoms with van der Waals surface area (Å²) in [5.74, 6) is 1.06. The molecule has 1 atom stereocenters. The van der Waals surface area contributed by atoms with Crippen LogP contribution in [0.15, 0.2) is 109 Å². The first-order chi connectivity index (χ1) is 31.3. The molecule has 0 radical (unpaired) electrons. The minimum atomic E-state index is -0.154. The molecule has 2 amide bonds. The minimum absolute atomic E-state index is 0.134.